The number of hydrogen-bond donors (Lipinski definition) is 2. The minimum atomic E-state index is -4.43. The summed E-state index contributed by atoms with van der Waals surface area (Å²) in [6, 6.07) is 10.7. The Morgan fingerprint density at radius 2 is 1.65 bits per heavy atom. The Kier molecular flexibility index (Phi) is 6.26. The van der Waals surface area contributed by atoms with Gasteiger partial charge in [0.2, 0.25) is 0 Å². The van der Waals surface area contributed by atoms with Crippen LogP contribution >= 0.6 is 0 Å². The van der Waals surface area contributed by atoms with E-state index in [0.29, 0.717) is 16.9 Å². The molecule has 0 aromatic heterocycles. The highest BCUT2D eigenvalue weighted by atomic mass is 19.4. The van der Waals surface area contributed by atoms with Crippen LogP contribution in [-0.4, -0.2) is 23.7 Å². The first-order valence-corrected chi connectivity index (χ1v) is 8.07. The van der Waals surface area contributed by atoms with Crippen molar-refractivity contribution in [3.05, 3.63) is 65.2 Å². The molecule has 26 heavy (non-hydrogen) atoms. The minimum absolute atomic E-state index is 0.0218. The van der Waals surface area contributed by atoms with E-state index in [1.807, 2.05) is 13.8 Å². The molecule has 0 aliphatic rings. The fraction of sp³-hybridized carbons (Fsp3) is 0.316. The number of carbonyl (C=O) groups excluding carboxylic acids is 1. The van der Waals surface area contributed by atoms with Gasteiger partial charge in [-0.05, 0) is 55.8 Å². The molecule has 0 saturated carbocycles. The van der Waals surface area contributed by atoms with Gasteiger partial charge in [0.15, 0.2) is 0 Å². The van der Waals surface area contributed by atoms with Crippen LogP contribution in [-0.2, 0) is 6.18 Å². The predicted molar refractivity (Wildman–Crippen MR) is 90.9 cm³/mol. The average molecular weight is 367 g/mol. The lowest BCUT2D eigenvalue weighted by Gasteiger charge is -2.14. The van der Waals surface area contributed by atoms with Crippen LogP contribution in [0.4, 0.5) is 13.2 Å². The molecule has 2 aromatic carbocycles. The SMILES string of the molecule is CC(C)Oc1ccc(C(=O)NCC(O)c2ccc(C(F)(F)F)cc2)cc1. The number of carbonyl (C=O) groups is 1. The van der Waals surface area contributed by atoms with Crippen LogP contribution in [0.15, 0.2) is 48.5 Å². The average Bonchev–Trinajstić information content (AvgIpc) is 2.59. The highest BCUT2D eigenvalue weighted by molar-refractivity contribution is 5.94. The van der Waals surface area contributed by atoms with Gasteiger partial charge in [0.05, 0.1) is 17.8 Å². The fourth-order valence-corrected chi connectivity index (χ4v) is 2.26. The number of halogens is 3. The van der Waals surface area contributed by atoms with Crippen LogP contribution in [0.25, 0.3) is 0 Å². The molecule has 0 saturated heterocycles. The third-order valence-electron chi connectivity index (χ3n) is 3.57. The zero-order valence-electron chi connectivity index (χ0n) is 14.4. The maximum absolute atomic E-state index is 12.5. The Morgan fingerprint density at radius 1 is 1.08 bits per heavy atom. The second-order valence-corrected chi connectivity index (χ2v) is 6.04. The van der Waals surface area contributed by atoms with Crippen molar-refractivity contribution in [1.82, 2.24) is 5.32 Å². The van der Waals surface area contributed by atoms with Gasteiger partial charge in [-0.2, -0.15) is 13.2 Å². The molecule has 1 unspecified atom stereocenters. The van der Waals surface area contributed by atoms with Gasteiger partial charge in [-0.3, -0.25) is 4.79 Å². The molecule has 0 aliphatic heterocycles. The van der Waals surface area contributed by atoms with Gasteiger partial charge in [0, 0.05) is 12.1 Å². The van der Waals surface area contributed by atoms with Crippen molar-refractivity contribution >= 4 is 5.91 Å². The lowest BCUT2D eigenvalue weighted by molar-refractivity contribution is -0.137. The van der Waals surface area contributed by atoms with Gasteiger partial charge in [-0.1, -0.05) is 12.1 Å². The van der Waals surface area contributed by atoms with Crippen molar-refractivity contribution in [2.75, 3.05) is 6.54 Å². The number of amides is 1. The molecular formula is C19H20F3NO3. The maximum atomic E-state index is 12.5. The van der Waals surface area contributed by atoms with Crippen molar-refractivity contribution < 1.29 is 27.8 Å². The van der Waals surface area contributed by atoms with Crippen molar-refractivity contribution in [1.29, 1.82) is 0 Å². The highest BCUT2D eigenvalue weighted by Gasteiger charge is 2.30. The van der Waals surface area contributed by atoms with Crippen LogP contribution in [0.1, 0.15) is 41.4 Å². The molecule has 0 bridgehead atoms. The van der Waals surface area contributed by atoms with E-state index >= 15 is 0 Å². The Bertz CT molecular complexity index is 725. The quantitative estimate of drug-likeness (QED) is 0.813. The van der Waals surface area contributed by atoms with Crippen molar-refractivity contribution in [2.45, 2.75) is 32.2 Å². The molecule has 2 rings (SSSR count). The highest BCUT2D eigenvalue weighted by Crippen LogP contribution is 2.29. The smallest absolute Gasteiger partial charge is 0.416 e. The molecule has 1 amide bonds. The standard InChI is InChI=1S/C19H20F3NO3/c1-12(2)26-16-9-5-14(6-10-16)18(25)23-11-17(24)13-3-7-15(8-4-13)19(20,21)22/h3-10,12,17,24H,11H2,1-2H3,(H,23,25). The lowest BCUT2D eigenvalue weighted by Crippen LogP contribution is -2.28. The first-order chi connectivity index (χ1) is 12.2. The summed E-state index contributed by atoms with van der Waals surface area (Å²) in [5.41, 5.74) is -0.110. The van der Waals surface area contributed by atoms with E-state index < -0.39 is 23.8 Å². The summed E-state index contributed by atoms with van der Waals surface area (Å²) in [6.07, 6.45) is -5.51. The molecule has 2 aromatic rings. The Balaban J connectivity index is 1.92. The van der Waals surface area contributed by atoms with E-state index in [1.54, 1.807) is 24.3 Å². The first kappa shape index (κ1) is 19.8. The van der Waals surface area contributed by atoms with E-state index in [0.717, 1.165) is 12.1 Å². The largest absolute Gasteiger partial charge is 0.491 e. The second-order valence-electron chi connectivity index (χ2n) is 6.04. The predicted octanol–water partition coefficient (Wildman–Crippen LogP) is 3.96. The van der Waals surface area contributed by atoms with Crippen molar-refractivity contribution in [3.8, 4) is 5.75 Å². The van der Waals surface area contributed by atoms with Crippen LogP contribution in [0, 0.1) is 0 Å². The summed E-state index contributed by atoms with van der Waals surface area (Å²) in [4.78, 5) is 12.1. The Morgan fingerprint density at radius 3 is 2.15 bits per heavy atom. The molecule has 0 radical (unpaired) electrons. The molecule has 1 atom stereocenters. The lowest BCUT2D eigenvalue weighted by atomic mass is 10.1. The van der Waals surface area contributed by atoms with Crippen molar-refractivity contribution in [2.24, 2.45) is 0 Å². The Labute approximate surface area is 149 Å². The fourth-order valence-electron chi connectivity index (χ4n) is 2.26. The van der Waals surface area contributed by atoms with E-state index in [-0.39, 0.29) is 12.6 Å². The van der Waals surface area contributed by atoms with Gasteiger partial charge in [-0.15, -0.1) is 0 Å². The summed E-state index contributed by atoms with van der Waals surface area (Å²) in [5.74, 6) is 0.244. The number of alkyl halides is 3. The molecule has 140 valence electrons. The van der Waals surface area contributed by atoms with Gasteiger partial charge in [-0.25, -0.2) is 0 Å². The summed E-state index contributed by atoms with van der Waals surface area (Å²) in [5, 5.41) is 12.6. The number of ether oxygens (including phenoxy) is 1. The molecular weight excluding hydrogens is 347 g/mol. The number of hydrogen-bond acceptors (Lipinski definition) is 3. The first-order valence-electron chi connectivity index (χ1n) is 8.07. The molecule has 0 spiro atoms. The number of aliphatic hydroxyl groups excluding tert-OH is 1. The number of nitrogens with one attached hydrogen (secondary N) is 1. The molecule has 2 N–H and O–H groups in total. The van der Waals surface area contributed by atoms with E-state index in [2.05, 4.69) is 5.32 Å². The van der Waals surface area contributed by atoms with E-state index in [4.69, 9.17) is 4.74 Å². The monoisotopic (exact) mass is 367 g/mol. The zero-order valence-corrected chi connectivity index (χ0v) is 14.4. The second kappa shape index (κ2) is 8.23. The Hall–Kier alpha value is -2.54. The number of rotatable bonds is 6. The third kappa shape index (κ3) is 5.49. The van der Waals surface area contributed by atoms with Gasteiger partial charge < -0.3 is 15.2 Å². The van der Waals surface area contributed by atoms with Crippen LogP contribution in [0.3, 0.4) is 0 Å². The van der Waals surface area contributed by atoms with Gasteiger partial charge in [0.25, 0.3) is 5.91 Å². The molecule has 7 heteroatoms. The summed E-state index contributed by atoms with van der Waals surface area (Å²) in [6.45, 7) is 3.67. The van der Waals surface area contributed by atoms with Gasteiger partial charge >= 0.3 is 6.18 Å². The summed E-state index contributed by atoms with van der Waals surface area (Å²) < 4.78 is 43.1. The van der Waals surface area contributed by atoms with Crippen LogP contribution < -0.4 is 10.1 Å². The molecule has 4 nitrogen and oxygen atoms in total. The van der Waals surface area contributed by atoms with E-state index in [1.165, 1.54) is 12.1 Å². The molecule has 0 fully saturated rings. The summed E-state index contributed by atoms with van der Waals surface area (Å²) >= 11 is 0. The topological polar surface area (TPSA) is 58.6 Å². The number of benzene rings is 2. The molecule has 0 heterocycles. The normalized spacial score (nSPS) is 12.7. The van der Waals surface area contributed by atoms with Crippen LogP contribution in [0.5, 0.6) is 5.75 Å². The maximum Gasteiger partial charge on any atom is 0.416 e. The summed E-state index contributed by atoms with van der Waals surface area (Å²) in [7, 11) is 0. The number of aliphatic hydroxyl groups is 1. The third-order valence-corrected chi connectivity index (χ3v) is 3.57. The zero-order chi connectivity index (χ0) is 19.3. The minimum Gasteiger partial charge on any atom is -0.491 e. The molecule has 0 aliphatic carbocycles. The van der Waals surface area contributed by atoms with Crippen LogP contribution in [0.2, 0.25) is 0 Å². The van der Waals surface area contributed by atoms with E-state index in [9.17, 15) is 23.1 Å². The van der Waals surface area contributed by atoms with Gasteiger partial charge in [0.1, 0.15) is 5.75 Å². The van der Waals surface area contributed by atoms with Crippen molar-refractivity contribution in [3.63, 3.8) is 0 Å².